The molecule has 1 aromatic rings. The summed E-state index contributed by atoms with van der Waals surface area (Å²) in [7, 11) is 0. The van der Waals surface area contributed by atoms with Gasteiger partial charge in [0.25, 0.3) is 0 Å². The number of nitrogen functional groups attached to an aromatic ring is 1. The van der Waals surface area contributed by atoms with Crippen LogP contribution in [0.5, 0.6) is 0 Å². The number of halogens is 3. The monoisotopic (exact) mass is 277 g/mol. The number of aromatic nitrogens is 2. The SMILES string of the molecule is Nc1ncc([N+](=O)[O-])c(N(CC(F)(F)F)C2CC2)n1. The van der Waals surface area contributed by atoms with E-state index in [4.69, 9.17) is 5.73 Å². The summed E-state index contributed by atoms with van der Waals surface area (Å²) in [5.41, 5.74) is 4.72. The second-order valence-corrected chi connectivity index (χ2v) is 4.17. The van der Waals surface area contributed by atoms with Gasteiger partial charge in [0, 0.05) is 6.04 Å². The van der Waals surface area contributed by atoms with Crippen LogP contribution >= 0.6 is 0 Å². The molecule has 1 fully saturated rings. The van der Waals surface area contributed by atoms with E-state index >= 15 is 0 Å². The highest BCUT2D eigenvalue weighted by Gasteiger charge is 2.41. The third-order valence-electron chi connectivity index (χ3n) is 2.57. The van der Waals surface area contributed by atoms with Crippen molar-refractivity contribution in [3.05, 3.63) is 16.3 Å². The molecule has 10 heteroatoms. The number of hydrogen-bond donors (Lipinski definition) is 1. The van der Waals surface area contributed by atoms with E-state index in [9.17, 15) is 23.3 Å². The van der Waals surface area contributed by atoms with Crippen molar-refractivity contribution in [3.63, 3.8) is 0 Å². The lowest BCUT2D eigenvalue weighted by Crippen LogP contribution is -2.37. The maximum atomic E-state index is 12.5. The van der Waals surface area contributed by atoms with E-state index in [1.807, 2.05) is 0 Å². The average Bonchev–Trinajstić information content (AvgIpc) is 3.07. The minimum atomic E-state index is -4.48. The van der Waals surface area contributed by atoms with E-state index in [2.05, 4.69) is 9.97 Å². The number of nitrogens with zero attached hydrogens (tertiary/aromatic N) is 4. The Hall–Kier alpha value is -2.13. The van der Waals surface area contributed by atoms with Gasteiger partial charge in [-0.2, -0.15) is 18.2 Å². The fourth-order valence-corrected chi connectivity index (χ4v) is 1.68. The molecule has 0 bridgehead atoms. The first-order chi connectivity index (χ1) is 8.78. The number of alkyl halides is 3. The van der Waals surface area contributed by atoms with Crippen LogP contribution in [0.25, 0.3) is 0 Å². The number of hydrogen-bond acceptors (Lipinski definition) is 6. The van der Waals surface area contributed by atoms with E-state index < -0.39 is 29.4 Å². The van der Waals surface area contributed by atoms with Gasteiger partial charge < -0.3 is 10.6 Å². The van der Waals surface area contributed by atoms with E-state index in [-0.39, 0.29) is 11.8 Å². The molecule has 1 heterocycles. The molecule has 1 saturated carbocycles. The Bertz CT molecular complexity index is 503. The highest BCUT2D eigenvalue weighted by atomic mass is 19.4. The van der Waals surface area contributed by atoms with Crippen LogP contribution in [0.4, 0.5) is 30.6 Å². The van der Waals surface area contributed by atoms with Crippen molar-refractivity contribution >= 4 is 17.5 Å². The second kappa shape index (κ2) is 4.52. The Balaban J connectivity index is 2.40. The first-order valence-corrected chi connectivity index (χ1v) is 5.38. The van der Waals surface area contributed by atoms with Gasteiger partial charge in [-0.25, -0.2) is 4.98 Å². The molecule has 104 valence electrons. The van der Waals surface area contributed by atoms with Gasteiger partial charge in [-0.15, -0.1) is 0 Å². The molecule has 7 nitrogen and oxygen atoms in total. The molecule has 0 aliphatic heterocycles. The van der Waals surface area contributed by atoms with E-state index in [1.165, 1.54) is 0 Å². The first kappa shape index (κ1) is 13.3. The predicted octanol–water partition coefficient (Wildman–Crippen LogP) is 1.50. The topological polar surface area (TPSA) is 98.2 Å². The third kappa shape index (κ3) is 3.20. The summed E-state index contributed by atoms with van der Waals surface area (Å²) in [6, 6.07) is -0.394. The van der Waals surface area contributed by atoms with Crippen LogP contribution in [0.2, 0.25) is 0 Å². The molecule has 2 N–H and O–H groups in total. The second-order valence-electron chi connectivity index (χ2n) is 4.17. The van der Waals surface area contributed by atoms with Gasteiger partial charge in [-0.3, -0.25) is 10.1 Å². The lowest BCUT2D eigenvalue weighted by atomic mass is 10.3. The Morgan fingerprint density at radius 2 is 2.16 bits per heavy atom. The smallest absolute Gasteiger partial charge is 0.368 e. The van der Waals surface area contributed by atoms with Crippen molar-refractivity contribution in [1.29, 1.82) is 0 Å². The predicted molar refractivity (Wildman–Crippen MR) is 59.5 cm³/mol. The van der Waals surface area contributed by atoms with Crippen LogP contribution in [-0.2, 0) is 0 Å². The maximum absolute atomic E-state index is 12.5. The Kier molecular flexibility index (Phi) is 3.16. The summed E-state index contributed by atoms with van der Waals surface area (Å²) >= 11 is 0. The zero-order chi connectivity index (χ0) is 14.2. The summed E-state index contributed by atoms with van der Waals surface area (Å²) in [6.45, 7) is -1.30. The molecule has 0 saturated heterocycles. The summed E-state index contributed by atoms with van der Waals surface area (Å²) in [4.78, 5) is 17.9. The molecule has 0 aromatic carbocycles. The quantitative estimate of drug-likeness (QED) is 0.661. The molecule has 0 atom stereocenters. The molecule has 19 heavy (non-hydrogen) atoms. The van der Waals surface area contributed by atoms with Crippen LogP contribution in [0.15, 0.2) is 6.20 Å². The maximum Gasteiger partial charge on any atom is 0.405 e. The molecule has 0 spiro atoms. The lowest BCUT2D eigenvalue weighted by molar-refractivity contribution is -0.384. The fraction of sp³-hybridized carbons (Fsp3) is 0.556. The van der Waals surface area contributed by atoms with Crippen molar-refractivity contribution in [2.75, 3.05) is 17.2 Å². The van der Waals surface area contributed by atoms with Crippen molar-refractivity contribution in [2.45, 2.75) is 25.1 Å². The van der Waals surface area contributed by atoms with Crippen molar-refractivity contribution in [1.82, 2.24) is 9.97 Å². The Morgan fingerprint density at radius 1 is 1.53 bits per heavy atom. The summed E-state index contributed by atoms with van der Waals surface area (Å²) in [5.74, 6) is -0.675. The van der Waals surface area contributed by atoms with Crippen LogP contribution in [0.1, 0.15) is 12.8 Å². The van der Waals surface area contributed by atoms with Gasteiger partial charge in [0.15, 0.2) is 0 Å². The number of anilines is 2. The van der Waals surface area contributed by atoms with Crippen molar-refractivity contribution < 1.29 is 18.1 Å². The van der Waals surface area contributed by atoms with Gasteiger partial charge in [-0.1, -0.05) is 0 Å². The average molecular weight is 277 g/mol. The van der Waals surface area contributed by atoms with Crippen molar-refractivity contribution in [3.8, 4) is 0 Å². The molecule has 1 aliphatic rings. The fourth-order valence-electron chi connectivity index (χ4n) is 1.68. The normalized spacial score (nSPS) is 15.3. The van der Waals surface area contributed by atoms with Crippen molar-refractivity contribution in [2.24, 2.45) is 0 Å². The Labute approximate surface area is 105 Å². The van der Waals surface area contributed by atoms with Crippen LogP contribution in [0.3, 0.4) is 0 Å². The highest BCUT2D eigenvalue weighted by molar-refractivity contribution is 5.59. The molecular formula is C9H10F3N5O2. The van der Waals surface area contributed by atoms with Gasteiger partial charge >= 0.3 is 11.9 Å². The Morgan fingerprint density at radius 3 is 2.63 bits per heavy atom. The molecule has 2 rings (SSSR count). The lowest BCUT2D eigenvalue weighted by Gasteiger charge is -2.24. The molecule has 1 aromatic heterocycles. The molecule has 0 radical (unpaired) electrons. The number of nitro groups is 1. The standard InChI is InChI=1S/C9H10F3N5O2/c10-9(11,12)4-16(5-1-2-5)7-6(17(18)19)3-14-8(13)15-7/h3,5H,1-2,4H2,(H2,13,14,15). The minimum absolute atomic E-state index is 0.298. The van der Waals surface area contributed by atoms with Gasteiger partial charge in [0.1, 0.15) is 12.7 Å². The summed E-state index contributed by atoms with van der Waals surface area (Å²) in [5, 5.41) is 10.8. The van der Waals surface area contributed by atoms with Gasteiger partial charge in [0.05, 0.1) is 4.92 Å². The zero-order valence-electron chi connectivity index (χ0n) is 9.59. The molecule has 0 unspecified atom stereocenters. The highest BCUT2D eigenvalue weighted by Crippen LogP contribution is 2.37. The molecular weight excluding hydrogens is 267 g/mol. The number of rotatable bonds is 4. The molecule has 1 aliphatic carbocycles. The van der Waals surface area contributed by atoms with E-state index in [0.717, 1.165) is 11.1 Å². The summed E-state index contributed by atoms with van der Waals surface area (Å²) in [6.07, 6.45) is -2.58. The van der Waals surface area contributed by atoms with E-state index in [1.54, 1.807) is 0 Å². The van der Waals surface area contributed by atoms with Crippen LogP contribution in [0, 0.1) is 10.1 Å². The van der Waals surface area contributed by atoms with Gasteiger partial charge in [-0.05, 0) is 12.8 Å². The van der Waals surface area contributed by atoms with Gasteiger partial charge in [0.2, 0.25) is 11.8 Å². The van der Waals surface area contributed by atoms with Crippen LogP contribution in [-0.4, -0.2) is 33.7 Å². The third-order valence-corrected chi connectivity index (χ3v) is 2.57. The minimum Gasteiger partial charge on any atom is -0.368 e. The van der Waals surface area contributed by atoms with E-state index in [0.29, 0.717) is 12.8 Å². The zero-order valence-corrected chi connectivity index (χ0v) is 9.59. The first-order valence-electron chi connectivity index (χ1n) is 5.38. The summed E-state index contributed by atoms with van der Waals surface area (Å²) < 4.78 is 37.6. The number of nitrogens with two attached hydrogens (primary N) is 1. The van der Waals surface area contributed by atoms with Crippen LogP contribution < -0.4 is 10.6 Å². The molecule has 0 amide bonds. The largest absolute Gasteiger partial charge is 0.405 e.